The summed E-state index contributed by atoms with van der Waals surface area (Å²) in [6.07, 6.45) is 2.06. The Morgan fingerprint density at radius 3 is 2.73 bits per heavy atom. The number of sulfonamides is 1. The van der Waals surface area contributed by atoms with Gasteiger partial charge in [-0.1, -0.05) is 6.07 Å². The largest absolute Gasteiger partial charge is 0.419 e. The van der Waals surface area contributed by atoms with Gasteiger partial charge in [0.05, 0.1) is 10.4 Å². The quantitative estimate of drug-likeness (QED) is 0.542. The third kappa shape index (κ3) is 4.91. The summed E-state index contributed by atoms with van der Waals surface area (Å²) in [7, 11) is -2.59. The van der Waals surface area contributed by atoms with Crippen LogP contribution in [0.15, 0.2) is 56.6 Å². The molecule has 0 aliphatic carbocycles. The number of nitrogens with one attached hydrogen (secondary N) is 2. The second-order valence-corrected chi connectivity index (χ2v) is 9.21. The van der Waals surface area contributed by atoms with Crippen molar-refractivity contribution in [1.82, 2.24) is 9.29 Å². The van der Waals surface area contributed by atoms with Crippen LogP contribution in [0.3, 0.4) is 0 Å². The summed E-state index contributed by atoms with van der Waals surface area (Å²) in [6, 6.07) is 8.26. The second kappa shape index (κ2) is 9.02. The van der Waals surface area contributed by atoms with Gasteiger partial charge in [0.2, 0.25) is 15.9 Å². The number of aromatic nitrogens is 1. The minimum absolute atomic E-state index is 0.121. The van der Waals surface area contributed by atoms with E-state index in [2.05, 4.69) is 10.0 Å². The molecule has 0 unspecified atom stereocenters. The highest BCUT2D eigenvalue weighted by atomic mass is 32.2. The van der Waals surface area contributed by atoms with Gasteiger partial charge in [-0.25, -0.2) is 17.6 Å². The lowest BCUT2D eigenvalue weighted by atomic mass is 10.2. The van der Waals surface area contributed by atoms with Crippen LogP contribution in [0.1, 0.15) is 6.42 Å². The van der Waals surface area contributed by atoms with Crippen LogP contribution >= 0.6 is 11.8 Å². The number of benzene rings is 2. The number of thioether (sulfide) groups is 1. The van der Waals surface area contributed by atoms with E-state index in [1.165, 1.54) is 59.8 Å². The number of carbonyl (C=O) groups is 1. The van der Waals surface area contributed by atoms with Gasteiger partial charge < -0.3 is 9.73 Å². The lowest BCUT2D eigenvalue weighted by molar-refractivity contribution is -0.117. The van der Waals surface area contributed by atoms with Gasteiger partial charge in [-0.15, -0.1) is 0 Å². The maximum Gasteiger partial charge on any atom is 0.419 e. The lowest BCUT2D eigenvalue weighted by Gasteiger charge is -2.18. The minimum atomic E-state index is -4.10. The molecule has 0 saturated carbocycles. The molecule has 1 heterocycles. The first kappa shape index (κ1) is 22.1. The number of rotatable bonds is 8. The van der Waals surface area contributed by atoms with Crippen molar-refractivity contribution >= 4 is 44.5 Å². The first-order valence-corrected chi connectivity index (χ1v) is 11.8. The number of amides is 1. The molecule has 1 aromatic heterocycles. The highest BCUT2D eigenvalue weighted by Crippen LogP contribution is 2.19. The van der Waals surface area contributed by atoms with E-state index >= 15 is 0 Å². The van der Waals surface area contributed by atoms with Gasteiger partial charge in [-0.3, -0.25) is 9.36 Å². The molecule has 30 heavy (non-hydrogen) atoms. The molecule has 0 aliphatic heterocycles. The number of fused-ring (bicyclic) bond motifs is 1. The molecule has 0 aliphatic rings. The van der Waals surface area contributed by atoms with Gasteiger partial charge in [0.15, 0.2) is 5.58 Å². The molecule has 0 radical (unpaired) electrons. The average molecular weight is 454 g/mol. The van der Waals surface area contributed by atoms with Crippen molar-refractivity contribution in [3.8, 4) is 0 Å². The summed E-state index contributed by atoms with van der Waals surface area (Å²) < 4.78 is 47.8. The van der Waals surface area contributed by atoms with Gasteiger partial charge in [0.1, 0.15) is 11.9 Å². The molecule has 160 valence electrons. The second-order valence-electron chi connectivity index (χ2n) is 6.51. The van der Waals surface area contributed by atoms with Crippen molar-refractivity contribution in [2.45, 2.75) is 17.4 Å². The van der Waals surface area contributed by atoms with Gasteiger partial charge >= 0.3 is 5.76 Å². The van der Waals surface area contributed by atoms with Crippen LogP contribution in [0.2, 0.25) is 0 Å². The zero-order valence-electron chi connectivity index (χ0n) is 16.2. The Balaban J connectivity index is 1.85. The Bertz CT molecular complexity index is 1240. The van der Waals surface area contributed by atoms with Crippen molar-refractivity contribution in [3.63, 3.8) is 0 Å². The fourth-order valence-electron chi connectivity index (χ4n) is 2.81. The van der Waals surface area contributed by atoms with E-state index in [0.29, 0.717) is 11.3 Å². The zero-order valence-corrected chi connectivity index (χ0v) is 17.8. The fourth-order valence-corrected chi connectivity index (χ4v) is 4.53. The predicted octanol–water partition coefficient (Wildman–Crippen LogP) is 2.31. The summed E-state index contributed by atoms with van der Waals surface area (Å²) in [5.74, 6) is -1.21. The van der Waals surface area contributed by atoms with E-state index in [1.54, 1.807) is 0 Å². The Labute approximate surface area is 176 Å². The van der Waals surface area contributed by atoms with Crippen LogP contribution in [-0.2, 0) is 21.9 Å². The SMILES string of the molecule is CSCC[C@@H](NS(=O)(=O)c1ccc2c(c1)oc(=O)n2C)C(=O)Nc1cccc(F)c1. The normalized spacial score (nSPS) is 12.8. The number of aryl methyl sites for hydroxylation is 1. The van der Waals surface area contributed by atoms with Crippen LogP contribution < -0.4 is 15.8 Å². The number of anilines is 1. The first-order chi connectivity index (χ1) is 14.2. The average Bonchev–Trinajstić information content (AvgIpc) is 2.98. The molecule has 0 spiro atoms. The van der Waals surface area contributed by atoms with Crippen molar-refractivity contribution in [2.24, 2.45) is 7.05 Å². The van der Waals surface area contributed by atoms with Crippen molar-refractivity contribution in [3.05, 3.63) is 58.8 Å². The van der Waals surface area contributed by atoms with Crippen LogP contribution in [0.4, 0.5) is 10.1 Å². The van der Waals surface area contributed by atoms with Crippen LogP contribution in [0.5, 0.6) is 0 Å². The number of oxazole rings is 1. The molecule has 0 fully saturated rings. The Morgan fingerprint density at radius 1 is 1.27 bits per heavy atom. The highest BCUT2D eigenvalue weighted by molar-refractivity contribution is 7.98. The maximum atomic E-state index is 13.4. The first-order valence-electron chi connectivity index (χ1n) is 8.88. The summed E-state index contributed by atoms with van der Waals surface area (Å²) in [6.45, 7) is 0. The van der Waals surface area contributed by atoms with Crippen molar-refractivity contribution in [2.75, 3.05) is 17.3 Å². The summed E-state index contributed by atoms with van der Waals surface area (Å²) in [4.78, 5) is 24.2. The molecular weight excluding hydrogens is 433 g/mol. The van der Waals surface area contributed by atoms with Crippen LogP contribution in [0.25, 0.3) is 11.1 Å². The molecule has 1 amide bonds. The number of hydrogen-bond donors (Lipinski definition) is 2. The van der Waals surface area contributed by atoms with Crippen molar-refractivity contribution in [1.29, 1.82) is 0 Å². The molecule has 11 heteroatoms. The highest BCUT2D eigenvalue weighted by Gasteiger charge is 2.26. The lowest BCUT2D eigenvalue weighted by Crippen LogP contribution is -2.44. The van der Waals surface area contributed by atoms with E-state index in [9.17, 15) is 22.4 Å². The van der Waals surface area contributed by atoms with Crippen LogP contribution in [0, 0.1) is 5.82 Å². The van der Waals surface area contributed by atoms with Crippen molar-refractivity contribution < 1.29 is 22.0 Å². The minimum Gasteiger partial charge on any atom is -0.408 e. The predicted molar refractivity (Wildman–Crippen MR) is 114 cm³/mol. The molecule has 1 atom stereocenters. The zero-order chi connectivity index (χ0) is 21.9. The molecule has 0 bridgehead atoms. The summed E-state index contributed by atoms with van der Waals surface area (Å²) >= 11 is 1.46. The number of halogens is 1. The molecule has 3 rings (SSSR count). The van der Waals surface area contributed by atoms with Crippen LogP contribution in [-0.4, -0.2) is 36.9 Å². The third-order valence-corrected chi connectivity index (χ3v) is 6.50. The smallest absolute Gasteiger partial charge is 0.408 e. The number of carbonyl (C=O) groups excluding carboxylic acids is 1. The van der Waals surface area contributed by atoms with E-state index in [1.807, 2.05) is 6.26 Å². The molecule has 8 nitrogen and oxygen atoms in total. The topological polar surface area (TPSA) is 110 Å². The molecule has 3 aromatic rings. The van der Waals surface area contributed by atoms with Gasteiger partial charge in [0.25, 0.3) is 0 Å². The van der Waals surface area contributed by atoms with E-state index in [4.69, 9.17) is 4.42 Å². The summed E-state index contributed by atoms with van der Waals surface area (Å²) in [5, 5.41) is 2.53. The molecule has 2 aromatic carbocycles. The Hall–Kier alpha value is -2.63. The molecular formula is C19H20FN3O5S2. The number of nitrogens with zero attached hydrogens (tertiary/aromatic N) is 1. The van der Waals surface area contributed by atoms with Gasteiger partial charge in [-0.2, -0.15) is 16.5 Å². The Morgan fingerprint density at radius 2 is 2.03 bits per heavy atom. The standard InChI is InChI=1S/C19H20FN3O5S2/c1-23-16-7-6-14(11-17(16)28-19(23)25)30(26,27)22-15(8-9-29-2)18(24)21-13-5-3-4-12(20)10-13/h3-7,10-11,15,22H,8-9H2,1-2H3,(H,21,24)/t15-/m1/s1. The van der Waals surface area contributed by atoms with E-state index in [-0.39, 0.29) is 22.6 Å². The van der Waals surface area contributed by atoms with E-state index < -0.39 is 33.5 Å². The number of hydrogen-bond acceptors (Lipinski definition) is 6. The Kier molecular flexibility index (Phi) is 6.64. The molecule has 2 N–H and O–H groups in total. The fraction of sp³-hybridized carbons (Fsp3) is 0.263. The maximum absolute atomic E-state index is 13.4. The van der Waals surface area contributed by atoms with Gasteiger partial charge in [0, 0.05) is 18.8 Å². The summed E-state index contributed by atoms with van der Waals surface area (Å²) in [5.41, 5.74) is 0.790. The third-order valence-electron chi connectivity index (χ3n) is 4.39. The molecule has 0 saturated heterocycles. The monoisotopic (exact) mass is 453 g/mol. The van der Waals surface area contributed by atoms with E-state index in [0.717, 1.165) is 6.07 Å². The van der Waals surface area contributed by atoms with Gasteiger partial charge in [-0.05, 0) is 48.8 Å².